The molecule has 1 amide bonds. The Hall–Kier alpha value is -3.22. The number of esters is 1. The average Bonchev–Trinajstić information content (AvgIpc) is 3.21. The van der Waals surface area contributed by atoms with Crippen LogP contribution < -0.4 is 5.32 Å². The maximum absolute atomic E-state index is 13.9. The molecule has 1 unspecified atom stereocenters. The molecule has 0 bridgehead atoms. The topological polar surface area (TPSA) is 68.3 Å². The Morgan fingerprint density at radius 3 is 2.64 bits per heavy atom. The summed E-state index contributed by atoms with van der Waals surface area (Å²) < 4.78 is 5.38. The Bertz CT molecular complexity index is 1480. The van der Waals surface area contributed by atoms with E-state index in [1.807, 2.05) is 55.5 Å². The second-order valence-corrected chi connectivity index (χ2v) is 10.8. The van der Waals surface area contributed by atoms with Crippen molar-refractivity contribution in [1.82, 2.24) is 4.98 Å². The van der Waals surface area contributed by atoms with Crippen LogP contribution in [-0.2, 0) is 17.6 Å². The molecule has 0 radical (unpaired) electrons. The molecular weight excluding hydrogens is 492 g/mol. The third kappa shape index (κ3) is 4.51. The van der Waals surface area contributed by atoms with Crippen molar-refractivity contribution < 1.29 is 14.3 Å². The smallest absolute Gasteiger partial charge is 0.341 e. The van der Waals surface area contributed by atoms with E-state index < -0.39 is 0 Å². The van der Waals surface area contributed by atoms with E-state index in [1.165, 1.54) is 11.3 Å². The van der Waals surface area contributed by atoms with E-state index in [0.717, 1.165) is 57.4 Å². The molecule has 184 valence electrons. The molecule has 1 N–H and O–H groups in total. The zero-order valence-corrected chi connectivity index (χ0v) is 22.1. The Morgan fingerprint density at radius 2 is 1.89 bits per heavy atom. The summed E-state index contributed by atoms with van der Waals surface area (Å²) in [5, 5.41) is 5.05. The standard InChI is InChI=1S/C29H27ClN2O3S/c1-4-35-29(34)25-21-14-9-16(2)15-23(21)36-28(25)32-27(33)24-17(3)26(18-10-12-19(30)13-11-18)31-22-8-6-5-7-20(22)24/h5-8,10-13,16H,4,9,14-15H2,1-3H3,(H,32,33). The Balaban J connectivity index is 1.62. The number of nitrogens with zero attached hydrogens (tertiary/aromatic N) is 1. The van der Waals surface area contributed by atoms with Crippen molar-refractivity contribution in [2.75, 3.05) is 11.9 Å². The van der Waals surface area contributed by atoms with E-state index in [4.69, 9.17) is 21.3 Å². The molecule has 0 fully saturated rings. The first kappa shape index (κ1) is 24.5. The van der Waals surface area contributed by atoms with Crippen LogP contribution in [0.4, 0.5) is 5.00 Å². The van der Waals surface area contributed by atoms with Crippen LogP contribution >= 0.6 is 22.9 Å². The number of aromatic nitrogens is 1. The Morgan fingerprint density at radius 1 is 1.14 bits per heavy atom. The highest BCUT2D eigenvalue weighted by atomic mass is 35.5. The van der Waals surface area contributed by atoms with Crippen LogP contribution in [0.3, 0.4) is 0 Å². The molecule has 0 saturated carbocycles. The molecule has 0 spiro atoms. The number of hydrogen-bond donors (Lipinski definition) is 1. The van der Waals surface area contributed by atoms with Crippen molar-refractivity contribution in [2.45, 2.75) is 40.0 Å². The van der Waals surface area contributed by atoms with Crippen LogP contribution in [0.2, 0.25) is 5.02 Å². The van der Waals surface area contributed by atoms with E-state index in [1.54, 1.807) is 6.92 Å². The zero-order chi connectivity index (χ0) is 25.4. The number of amides is 1. The first-order chi connectivity index (χ1) is 17.4. The molecule has 1 aliphatic carbocycles. The molecular formula is C29H27ClN2O3S. The van der Waals surface area contributed by atoms with Crippen LogP contribution in [0.25, 0.3) is 22.2 Å². The number of fused-ring (bicyclic) bond motifs is 2. The summed E-state index contributed by atoms with van der Waals surface area (Å²) in [6.07, 6.45) is 2.73. The molecule has 5 rings (SSSR count). The van der Waals surface area contributed by atoms with Gasteiger partial charge in [0.15, 0.2) is 0 Å². The van der Waals surface area contributed by atoms with Crippen molar-refractivity contribution in [3.8, 4) is 11.3 Å². The minimum Gasteiger partial charge on any atom is -0.462 e. The first-order valence-electron chi connectivity index (χ1n) is 12.2. The van der Waals surface area contributed by atoms with E-state index in [9.17, 15) is 9.59 Å². The van der Waals surface area contributed by atoms with Gasteiger partial charge in [0.05, 0.1) is 28.9 Å². The fraction of sp³-hybridized carbons (Fsp3) is 0.276. The SMILES string of the molecule is CCOC(=O)c1c(NC(=O)c2c(C)c(-c3ccc(Cl)cc3)nc3ccccc23)sc2c1CCC(C)C2. The van der Waals surface area contributed by atoms with Crippen molar-refractivity contribution in [1.29, 1.82) is 0 Å². The van der Waals surface area contributed by atoms with Gasteiger partial charge < -0.3 is 10.1 Å². The van der Waals surface area contributed by atoms with Crippen LogP contribution in [0.15, 0.2) is 48.5 Å². The molecule has 4 aromatic rings. The van der Waals surface area contributed by atoms with Gasteiger partial charge in [-0.1, -0.05) is 48.9 Å². The van der Waals surface area contributed by atoms with E-state index >= 15 is 0 Å². The molecule has 0 aliphatic heterocycles. The number of halogens is 1. The maximum Gasteiger partial charge on any atom is 0.341 e. The molecule has 36 heavy (non-hydrogen) atoms. The van der Waals surface area contributed by atoms with Crippen molar-refractivity contribution in [2.24, 2.45) is 5.92 Å². The number of anilines is 1. The molecule has 2 heterocycles. The average molecular weight is 519 g/mol. The summed E-state index contributed by atoms with van der Waals surface area (Å²) in [7, 11) is 0. The van der Waals surface area contributed by atoms with Crippen LogP contribution in [0, 0.1) is 12.8 Å². The Kier molecular flexibility index (Phi) is 6.82. The van der Waals surface area contributed by atoms with E-state index in [2.05, 4.69) is 12.2 Å². The number of hydrogen-bond acceptors (Lipinski definition) is 5. The van der Waals surface area contributed by atoms with Crippen LogP contribution in [-0.4, -0.2) is 23.5 Å². The lowest BCUT2D eigenvalue weighted by Crippen LogP contribution is -2.18. The Labute approximate surface area is 219 Å². The number of pyridine rings is 1. The zero-order valence-electron chi connectivity index (χ0n) is 20.5. The number of carbonyl (C=O) groups excluding carboxylic acids is 2. The summed E-state index contributed by atoms with van der Waals surface area (Å²) in [6.45, 7) is 6.20. The summed E-state index contributed by atoms with van der Waals surface area (Å²) in [6, 6.07) is 15.1. The van der Waals surface area contributed by atoms with Gasteiger partial charge in [-0.25, -0.2) is 9.78 Å². The monoisotopic (exact) mass is 518 g/mol. The molecule has 2 aromatic heterocycles. The third-order valence-electron chi connectivity index (χ3n) is 6.70. The minimum absolute atomic E-state index is 0.265. The fourth-order valence-corrected chi connectivity index (χ4v) is 6.43. The fourth-order valence-electron chi connectivity index (χ4n) is 4.91. The quantitative estimate of drug-likeness (QED) is 0.278. The highest BCUT2D eigenvalue weighted by Gasteiger charge is 2.30. The summed E-state index contributed by atoms with van der Waals surface area (Å²) in [4.78, 5) is 32.9. The maximum atomic E-state index is 13.9. The number of rotatable bonds is 5. The van der Waals surface area contributed by atoms with Gasteiger partial charge in [-0.05, 0) is 68.4 Å². The third-order valence-corrected chi connectivity index (χ3v) is 8.12. The summed E-state index contributed by atoms with van der Waals surface area (Å²) in [5.74, 6) is -0.0976. The lowest BCUT2D eigenvalue weighted by Gasteiger charge is -2.18. The summed E-state index contributed by atoms with van der Waals surface area (Å²) in [5.41, 5.74) is 5.16. The normalized spacial score (nSPS) is 14.9. The van der Waals surface area contributed by atoms with Gasteiger partial charge in [-0.2, -0.15) is 0 Å². The van der Waals surface area contributed by atoms with Crippen LogP contribution in [0.5, 0.6) is 0 Å². The van der Waals surface area contributed by atoms with Gasteiger partial charge in [0, 0.05) is 20.8 Å². The number of para-hydroxylation sites is 1. The lowest BCUT2D eigenvalue weighted by atomic mass is 9.88. The molecule has 1 atom stereocenters. The van der Waals surface area contributed by atoms with Gasteiger partial charge in [-0.3, -0.25) is 4.79 Å². The highest BCUT2D eigenvalue weighted by Crippen LogP contribution is 2.41. The second-order valence-electron chi connectivity index (χ2n) is 9.21. The lowest BCUT2D eigenvalue weighted by molar-refractivity contribution is 0.0526. The second kappa shape index (κ2) is 10.0. The minimum atomic E-state index is -0.377. The highest BCUT2D eigenvalue weighted by molar-refractivity contribution is 7.17. The van der Waals surface area contributed by atoms with Crippen molar-refractivity contribution >= 4 is 50.7 Å². The molecule has 5 nitrogen and oxygen atoms in total. The molecule has 2 aromatic carbocycles. The van der Waals surface area contributed by atoms with Crippen molar-refractivity contribution in [3.63, 3.8) is 0 Å². The number of thiophene rings is 1. The largest absolute Gasteiger partial charge is 0.462 e. The van der Waals surface area contributed by atoms with Gasteiger partial charge in [0.2, 0.25) is 0 Å². The van der Waals surface area contributed by atoms with E-state index in [-0.39, 0.29) is 18.5 Å². The predicted octanol–water partition coefficient (Wildman–Crippen LogP) is 7.48. The van der Waals surface area contributed by atoms with Gasteiger partial charge >= 0.3 is 5.97 Å². The number of benzene rings is 2. The number of ether oxygens (including phenoxy) is 1. The first-order valence-corrected chi connectivity index (χ1v) is 13.3. The van der Waals surface area contributed by atoms with E-state index in [0.29, 0.717) is 27.1 Å². The summed E-state index contributed by atoms with van der Waals surface area (Å²) >= 11 is 7.59. The van der Waals surface area contributed by atoms with Crippen molar-refractivity contribution in [3.05, 3.63) is 80.7 Å². The van der Waals surface area contributed by atoms with Gasteiger partial charge in [0.25, 0.3) is 5.91 Å². The van der Waals surface area contributed by atoms with Gasteiger partial charge in [0.1, 0.15) is 5.00 Å². The predicted molar refractivity (Wildman–Crippen MR) is 146 cm³/mol. The number of nitrogens with one attached hydrogen (secondary N) is 1. The van der Waals surface area contributed by atoms with Crippen LogP contribution in [0.1, 0.15) is 57.0 Å². The number of carbonyl (C=O) groups is 2. The molecule has 1 aliphatic rings. The molecule has 0 saturated heterocycles. The van der Waals surface area contributed by atoms with Gasteiger partial charge in [-0.15, -0.1) is 11.3 Å². The molecule has 7 heteroatoms.